The van der Waals surface area contributed by atoms with Crippen LogP contribution in [-0.2, 0) is 6.54 Å². The van der Waals surface area contributed by atoms with E-state index in [-0.39, 0.29) is 17.5 Å². The maximum atomic E-state index is 14.0. The Hall–Kier alpha value is -2.36. The van der Waals surface area contributed by atoms with Crippen LogP contribution < -0.4 is 4.74 Å². The minimum atomic E-state index is -0.456. The van der Waals surface area contributed by atoms with Crippen LogP contribution in [-0.4, -0.2) is 23.5 Å². The number of hydrogen-bond donors (Lipinski definition) is 0. The molecule has 4 heteroatoms. The Bertz CT molecular complexity index is 766. The lowest BCUT2D eigenvalue weighted by Gasteiger charge is -2.25. The monoisotopic (exact) mass is 353 g/mol. The number of carbonyl (C=O) groups excluding carboxylic acids is 1. The average Bonchev–Trinajstić information content (AvgIpc) is 3.44. The number of rotatable bonds is 7. The molecule has 2 aliphatic carbocycles. The van der Waals surface area contributed by atoms with Gasteiger partial charge in [0, 0.05) is 12.6 Å². The molecule has 0 saturated heterocycles. The van der Waals surface area contributed by atoms with Crippen molar-refractivity contribution in [2.45, 2.75) is 44.7 Å². The van der Waals surface area contributed by atoms with Gasteiger partial charge in [0.05, 0.1) is 12.2 Å². The van der Waals surface area contributed by atoms with Crippen molar-refractivity contribution in [1.82, 2.24) is 4.90 Å². The summed E-state index contributed by atoms with van der Waals surface area (Å²) in [6, 6.07) is 14.4. The van der Waals surface area contributed by atoms with Gasteiger partial charge in [-0.2, -0.15) is 0 Å². The van der Waals surface area contributed by atoms with Crippen LogP contribution in [0.3, 0.4) is 0 Å². The highest BCUT2D eigenvalue weighted by molar-refractivity contribution is 5.94. The normalized spacial score (nSPS) is 16.8. The fraction of sp³-hybridized carbons (Fsp3) is 0.409. The summed E-state index contributed by atoms with van der Waals surface area (Å²) >= 11 is 0. The summed E-state index contributed by atoms with van der Waals surface area (Å²) in [5, 5.41) is 0. The molecule has 2 aromatic rings. The molecule has 3 nitrogen and oxygen atoms in total. The lowest BCUT2D eigenvalue weighted by molar-refractivity contribution is 0.0725. The first kappa shape index (κ1) is 17.1. The van der Waals surface area contributed by atoms with Crippen molar-refractivity contribution >= 4 is 5.91 Å². The Morgan fingerprint density at radius 2 is 1.77 bits per heavy atom. The maximum absolute atomic E-state index is 14.0. The number of carbonyl (C=O) groups is 1. The Kier molecular flexibility index (Phi) is 4.91. The standard InChI is InChI=1S/C22H24FNO2/c23-21-7-2-1-6-20(21)22(25)24(18-10-11-18)14-16-8-12-19(13-9-16)26-15-17-4-3-5-17/h1-2,6-9,12-13,17-18H,3-5,10-11,14-15H2. The molecule has 0 spiro atoms. The first-order valence-corrected chi connectivity index (χ1v) is 9.48. The molecule has 2 saturated carbocycles. The van der Waals surface area contributed by atoms with Crippen LogP contribution >= 0.6 is 0 Å². The SMILES string of the molecule is O=C(c1ccccc1F)N(Cc1ccc(OCC2CCC2)cc1)C1CC1. The largest absolute Gasteiger partial charge is 0.493 e. The number of benzene rings is 2. The summed E-state index contributed by atoms with van der Waals surface area (Å²) in [4.78, 5) is 14.6. The van der Waals surface area contributed by atoms with E-state index in [9.17, 15) is 9.18 Å². The van der Waals surface area contributed by atoms with Crippen LogP contribution in [0.5, 0.6) is 5.75 Å². The highest BCUT2D eigenvalue weighted by Crippen LogP contribution is 2.31. The maximum Gasteiger partial charge on any atom is 0.257 e. The molecule has 0 heterocycles. The van der Waals surface area contributed by atoms with Gasteiger partial charge in [0.2, 0.25) is 0 Å². The molecule has 2 aromatic carbocycles. The Morgan fingerprint density at radius 3 is 2.38 bits per heavy atom. The van der Waals surface area contributed by atoms with Crippen LogP contribution in [0.1, 0.15) is 48.0 Å². The third kappa shape index (κ3) is 3.90. The quantitative estimate of drug-likeness (QED) is 0.715. The zero-order valence-corrected chi connectivity index (χ0v) is 14.9. The Morgan fingerprint density at radius 1 is 1.04 bits per heavy atom. The second-order valence-electron chi connectivity index (χ2n) is 7.40. The summed E-state index contributed by atoms with van der Waals surface area (Å²) in [5.41, 5.74) is 1.19. The predicted molar refractivity (Wildman–Crippen MR) is 98.6 cm³/mol. The van der Waals surface area contributed by atoms with Crippen molar-refractivity contribution in [3.8, 4) is 5.75 Å². The van der Waals surface area contributed by atoms with Gasteiger partial charge in [0.1, 0.15) is 11.6 Å². The van der Waals surface area contributed by atoms with Crippen molar-refractivity contribution in [3.05, 3.63) is 65.5 Å². The molecule has 0 radical (unpaired) electrons. The lowest BCUT2D eigenvalue weighted by atomic mass is 9.86. The molecule has 0 N–H and O–H groups in total. The summed E-state index contributed by atoms with van der Waals surface area (Å²) < 4.78 is 19.8. The molecule has 0 unspecified atom stereocenters. The summed E-state index contributed by atoms with van der Waals surface area (Å²) in [6.45, 7) is 1.29. The van der Waals surface area contributed by atoms with E-state index in [0.29, 0.717) is 12.5 Å². The second-order valence-corrected chi connectivity index (χ2v) is 7.40. The average molecular weight is 353 g/mol. The second kappa shape index (κ2) is 7.48. The van der Waals surface area contributed by atoms with Crippen molar-refractivity contribution < 1.29 is 13.9 Å². The highest BCUT2D eigenvalue weighted by atomic mass is 19.1. The first-order valence-electron chi connectivity index (χ1n) is 9.48. The third-order valence-electron chi connectivity index (χ3n) is 5.34. The van der Waals surface area contributed by atoms with Gasteiger partial charge in [0.25, 0.3) is 5.91 Å². The smallest absolute Gasteiger partial charge is 0.257 e. The molecular weight excluding hydrogens is 329 g/mol. The molecule has 4 rings (SSSR count). The zero-order valence-electron chi connectivity index (χ0n) is 14.9. The molecule has 0 aliphatic heterocycles. The van der Waals surface area contributed by atoms with Gasteiger partial charge in [-0.25, -0.2) is 4.39 Å². The van der Waals surface area contributed by atoms with E-state index in [1.807, 2.05) is 24.3 Å². The Labute approximate surface area is 153 Å². The summed E-state index contributed by atoms with van der Waals surface area (Å²) in [5.74, 6) is 0.899. The van der Waals surface area contributed by atoms with Crippen molar-refractivity contribution in [1.29, 1.82) is 0 Å². The van der Waals surface area contributed by atoms with E-state index in [0.717, 1.165) is 30.8 Å². The topological polar surface area (TPSA) is 29.5 Å². The molecule has 0 atom stereocenters. The van der Waals surface area contributed by atoms with Crippen LogP contribution in [0.2, 0.25) is 0 Å². The Balaban J connectivity index is 1.41. The molecule has 0 aromatic heterocycles. The van der Waals surface area contributed by atoms with Gasteiger partial charge in [-0.1, -0.05) is 30.7 Å². The van der Waals surface area contributed by atoms with Crippen molar-refractivity contribution in [2.75, 3.05) is 6.61 Å². The first-order chi connectivity index (χ1) is 12.7. The molecule has 2 aliphatic rings. The van der Waals surface area contributed by atoms with Crippen molar-refractivity contribution in [2.24, 2.45) is 5.92 Å². The molecule has 136 valence electrons. The van der Waals surface area contributed by atoms with E-state index in [1.165, 1.54) is 25.3 Å². The minimum Gasteiger partial charge on any atom is -0.493 e. The number of ether oxygens (including phenoxy) is 1. The van der Waals surface area contributed by atoms with Crippen LogP contribution in [0.15, 0.2) is 48.5 Å². The van der Waals surface area contributed by atoms with Gasteiger partial charge in [-0.3, -0.25) is 4.79 Å². The minimum absolute atomic E-state index is 0.153. The predicted octanol–water partition coefficient (Wildman–Crippen LogP) is 4.81. The number of halogens is 1. The fourth-order valence-electron chi connectivity index (χ4n) is 3.30. The van der Waals surface area contributed by atoms with E-state index < -0.39 is 5.82 Å². The number of nitrogens with zero attached hydrogens (tertiary/aromatic N) is 1. The van der Waals surface area contributed by atoms with Gasteiger partial charge >= 0.3 is 0 Å². The molecule has 0 bridgehead atoms. The molecule has 1 amide bonds. The molecule has 2 fully saturated rings. The van der Waals surface area contributed by atoms with Crippen LogP contribution in [0.4, 0.5) is 4.39 Å². The van der Waals surface area contributed by atoms with Gasteiger partial charge < -0.3 is 9.64 Å². The number of hydrogen-bond acceptors (Lipinski definition) is 2. The van der Waals surface area contributed by atoms with Crippen molar-refractivity contribution in [3.63, 3.8) is 0 Å². The molecular formula is C22H24FNO2. The van der Waals surface area contributed by atoms with E-state index in [1.54, 1.807) is 23.1 Å². The number of amides is 1. The third-order valence-corrected chi connectivity index (χ3v) is 5.34. The van der Waals surface area contributed by atoms with Crippen LogP contribution in [0.25, 0.3) is 0 Å². The fourth-order valence-corrected chi connectivity index (χ4v) is 3.30. The molecule has 26 heavy (non-hydrogen) atoms. The summed E-state index contributed by atoms with van der Waals surface area (Å²) in [6.07, 6.45) is 5.84. The van der Waals surface area contributed by atoms with Crippen LogP contribution in [0, 0.1) is 11.7 Å². The highest BCUT2D eigenvalue weighted by Gasteiger charge is 2.33. The van der Waals surface area contributed by atoms with E-state index in [2.05, 4.69) is 0 Å². The van der Waals surface area contributed by atoms with E-state index >= 15 is 0 Å². The van der Waals surface area contributed by atoms with E-state index in [4.69, 9.17) is 4.74 Å². The summed E-state index contributed by atoms with van der Waals surface area (Å²) in [7, 11) is 0. The lowest BCUT2D eigenvalue weighted by Crippen LogP contribution is -2.33. The van der Waals surface area contributed by atoms with Gasteiger partial charge in [-0.15, -0.1) is 0 Å². The van der Waals surface area contributed by atoms with Gasteiger partial charge in [0.15, 0.2) is 0 Å². The zero-order chi connectivity index (χ0) is 17.9. The van der Waals surface area contributed by atoms with Gasteiger partial charge in [-0.05, 0) is 61.4 Å².